The van der Waals surface area contributed by atoms with Gasteiger partial charge in [0.15, 0.2) is 0 Å². The molecule has 3 N–H and O–H groups in total. The average Bonchev–Trinajstić information content (AvgIpc) is 2.48. The number of thiocarbonyl (C=S) groups is 1. The highest BCUT2D eigenvalue weighted by Crippen LogP contribution is 2.11. The summed E-state index contributed by atoms with van der Waals surface area (Å²) in [4.78, 5) is 14.4. The SMILES string of the molecule is CN(CC(=O)Nc1cccc(C(N)=S)c1)Cc1ccccc1. The highest BCUT2D eigenvalue weighted by molar-refractivity contribution is 7.80. The summed E-state index contributed by atoms with van der Waals surface area (Å²) in [5, 5.41) is 2.86. The van der Waals surface area contributed by atoms with Gasteiger partial charge in [0.2, 0.25) is 5.91 Å². The first-order chi connectivity index (χ1) is 10.5. The van der Waals surface area contributed by atoms with Crippen molar-refractivity contribution in [1.29, 1.82) is 0 Å². The molecule has 0 aromatic heterocycles. The fourth-order valence-electron chi connectivity index (χ4n) is 2.15. The van der Waals surface area contributed by atoms with E-state index in [1.165, 1.54) is 5.56 Å². The molecule has 0 unspecified atom stereocenters. The van der Waals surface area contributed by atoms with E-state index in [1.54, 1.807) is 6.07 Å². The van der Waals surface area contributed by atoms with Crippen molar-refractivity contribution in [3.63, 3.8) is 0 Å². The van der Waals surface area contributed by atoms with Crippen molar-refractivity contribution in [3.05, 3.63) is 65.7 Å². The lowest BCUT2D eigenvalue weighted by molar-refractivity contribution is -0.117. The summed E-state index contributed by atoms with van der Waals surface area (Å²) < 4.78 is 0. The third-order valence-corrected chi connectivity index (χ3v) is 3.38. The normalized spacial score (nSPS) is 10.5. The Morgan fingerprint density at radius 3 is 2.59 bits per heavy atom. The maximum absolute atomic E-state index is 12.1. The molecule has 114 valence electrons. The Bertz CT molecular complexity index is 658. The molecule has 0 aliphatic rings. The maximum atomic E-state index is 12.1. The lowest BCUT2D eigenvalue weighted by Gasteiger charge is -2.16. The summed E-state index contributed by atoms with van der Waals surface area (Å²) in [5.41, 5.74) is 8.20. The van der Waals surface area contributed by atoms with Crippen molar-refractivity contribution < 1.29 is 4.79 Å². The summed E-state index contributed by atoms with van der Waals surface area (Å²) in [5.74, 6) is -0.0708. The number of nitrogens with zero attached hydrogens (tertiary/aromatic N) is 1. The molecule has 0 heterocycles. The van der Waals surface area contributed by atoms with E-state index >= 15 is 0 Å². The van der Waals surface area contributed by atoms with Crippen molar-refractivity contribution in [2.24, 2.45) is 5.73 Å². The van der Waals surface area contributed by atoms with Crippen molar-refractivity contribution in [2.45, 2.75) is 6.54 Å². The van der Waals surface area contributed by atoms with Gasteiger partial charge in [0, 0.05) is 17.8 Å². The number of hydrogen-bond acceptors (Lipinski definition) is 3. The van der Waals surface area contributed by atoms with Gasteiger partial charge in [-0.2, -0.15) is 0 Å². The van der Waals surface area contributed by atoms with Crippen molar-refractivity contribution in [1.82, 2.24) is 4.90 Å². The quantitative estimate of drug-likeness (QED) is 0.804. The van der Waals surface area contributed by atoms with E-state index in [0.29, 0.717) is 17.2 Å². The predicted octanol–water partition coefficient (Wildman–Crippen LogP) is 2.39. The number of carbonyl (C=O) groups excluding carboxylic acids is 1. The molecule has 0 atom stereocenters. The van der Waals surface area contributed by atoms with Gasteiger partial charge < -0.3 is 11.1 Å². The Labute approximate surface area is 135 Å². The van der Waals surface area contributed by atoms with E-state index in [2.05, 4.69) is 5.32 Å². The molecule has 0 saturated heterocycles. The summed E-state index contributed by atoms with van der Waals surface area (Å²) in [7, 11) is 1.91. The van der Waals surface area contributed by atoms with E-state index < -0.39 is 0 Å². The third kappa shape index (κ3) is 4.95. The van der Waals surface area contributed by atoms with Gasteiger partial charge >= 0.3 is 0 Å². The monoisotopic (exact) mass is 313 g/mol. The molecular formula is C17H19N3OS. The molecule has 0 aliphatic carbocycles. The first-order valence-electron chi connectivity index (χ1n) is 6.97. The second-order valence-electron chi connectivity index (χ2n) is 5.15. The van der Waals surface area contributed by atoms with Crippen LogP contribution >= 0.6 is 12.2 Å². The van der Waals surface area contributed by atoms with E-state index in [4.69, 9.17) is 18.0 Å². The van der Waals surface area contributed by atoms with Gasteiger partial charge in [0.05, 0.1) is 6.54 Å². The number of hydrogen-bond donors (Lipinski definition) is 2. The smallest absolute Gasteiger partial charge is 0.238 e. The molecule has 2 rings (SSSR count). The highest BCUT2D eigenvalue weighted by atomic mass is 32.1. The Morgan fingerprint density at radius 1 is 1.18 bits per heavy atom. The lowest BCUT2D eigenvalue weighted by atomic mass is 10.2. The minimum Gasteiger partial charge on any atom is -0.389 e. The number of carbonyl (C=O) groups is 1. The molecule has 5 heteroatoms. The van der Waals surface area contributed by atoms with Gasteiger partial charge in [0.25, 0.3) is 0 Å². The molecule has 0 aliphatic heterocycles. The van der Waals surface area contributed by atoms with Gasteiger partial charge in [-0.05, 0) is 24.7 Å². The molecule has 0 radical (unpaired) electrons. The molecule has 0 saturated carbocycles. The fraction of sp³-hybridized carbons (Fsp3) is 0.176. The van der Waals surface area contributed by atoms with Gasteiger partial charge in [0.1, 0.15) is 4.99 Å². The molecule has 4 nitrogen and oxygen atoms in total. The highest BCUT2D eigenvalue weighted by Gasteiger charge is 2.08. The molecule has 0 fully saturated rings. The number of rotatable bonds is 6. The first-order valence-corrected chi connectivity index (χ1v) is 7.37. The van der Waals surface area contributed by atoms with E-state index in [-0.39, 0.29) is 5.91 Å². The van der Waals surface area contributed by atoms with Crippen LogP contribution in [0.5, 0.6) is 0 Å². The first kappa shape index (κ1) is 16.1. The number of nitrogens with two attached hydrogens (primary N) is 1. The van der Waals surface area contributed by atoms with Gasteiger partial charge in [-0.25, -0.2) is 0 Å². The van der Waals surface area contributed by atoms with Gasteiger partial charge in [-0.15, -0.1) is 0 Å². The number of nitrogens with one attached hydrogen (secondary N) is 1. The third-order valence-electron chi connectivity index (χ3n) is 3.14. The Hall–Kier alpha value is -2.24. The van der Waals surface area contributed by atoms with Crippen LogP contribution in [0.3, 0.4) is 0 Å². The summed E-state index contributed by atoms with van der Waals surface area (Å²) in [6.45, 7) is 1.04. The van der Waals surface area contributed by atoms with Crippen LogP contribution in [0.4, 0.5) is 5.69 Å². The van der Waals surface area contributed by atoms with E-state index in [9.17, 15) is 4.79 Å². The summed E-state index contributed by atoms with van der Waals surface area (Å²) in [6.07, 6.45) is 0. The topological polar surface area (TPSA) is 58.4 Å². The van der Waals surface area contributed by atoms with Crippen molar-refractivity contribution >= 4 is 28.8 Å². The van der Waals surface area contributed by atoms with Crippen LogP contribution in [-0.4, -0.2) is 29.4 Å². The molecule has 2 aromatic carbocycles. The number of benzene rings is 2. The maximum Gasteiger partial charge on any atom is 0.238 e. The standard InChI is InChI=1S/C17H19N3OS/c1-20(11-13-6-3-2-4-7-13)12-16(21)19-15-9-5-8-14(10-15)17(18)22/h2-10H,11-12H2,1H3,(H2,18,22)(H,19,21). The zero-order valence-electron chi connectivity index (χ0n) is 12.5. The van der Waals surface area contributed by atoms with E-state index in [1.807, 2.05) is 60.5 Å². The molecule has 0 spiro atoms. The second kappa shape index (κ2) is 7.68. The van der Waals surface area contributed by atoms with Crippen LogP contribution in [0.15, 0.2) is 54.6 Å². The zero-order valence-corrected chi connectivity index (χ0v) is 13.3. The lowest BCUT2D eigenvalue weighted by Crippen LogP contribution is -2.29. The largest absolute Gasteiger partial charge is 0.389 e. The predicted molar refractivity (Wildman–Crippen MR) is 93.7 cm³/mol. The number of amides is 1. The number of likely N-dealkylation sites (N-methyl/N-ethyl adjacent to an activating group) is 1. The van der Waals surface area contributed by atoms with Crippen LogP contribution in [-0.2, 0) is 11.3 Å². The minimum atomic E-state index is -0.0708. The Balaban J connectivity index is 1.90. The molecular weight excluding hydrogens is 294 g/mol. The van der Waals surface area contributed by atoms with Gasteiger partial charge in [-0.3, -0.25) is 9.69 Å². The minimum absolute atomic E-state index is 0.0708. The van der Waals surface area contributed by atoms with Crippen LogP contribution in [0.25, 0.3) is 0 Å². The average molecular weight is 313 g/mol. The van der Waals surface area contributed by atoms with Crippen LogP contribution in [0.1, 0.15) is 11.1 Å². The van der Waals surface area contributed by atoms with Crippen LogP contribution in [0, 0.1) is 0 Å². The molecule has 0 bridgehead atoms. The molecule has 22 heavy (non-hydrogen) atoms. The van der Waals surface area contributed by atoms with Crippen LogP contribution in [0.2, 0.25) is 0 Å². The van der Waals surface area contributed by atoms with Crippen molar-refractivity contribution in [2.75, 3.05) is 18.9 Å². The second-order valence-corrected chi connectivity index (χ2v) is 5.59. The Kier molecular flexibility index (Phi) is 5.63. The zero-order chi connectivity index (χ0) is 15.9. The van der Waals surface area contributed by atoms with Gasteiger partial charge in [-0.1, -0.05) is 54.7 Å². The molecule has 1 amide bonds. The van der Waals surface area contributed by atoms with Crippen LogP contribution < -0.4 is 11.1 Å². The Morgan fingerprint density at radius 2 is 1.91 bits per heavy atom. The summed E-state index contributed by atoms with van der Waals surface area (Å²) in [6, 6.07) is 17.3. The van der Waals surface area contributed by atoms with E-state index in [0.717, 1.165) is 12.1 Å². The number of anilines is 1. The van der Waals surface area contributed by atoms with Crippen molar-refractivity contribution in [3.8, 4) is 0 Å². The fourth-order valence-corrected chi connectivity index (χ4v) is 2.27. The molecule has 2 aromatic rings. The summed E-state index contributed by atoms with van der Waals surface area (Å²) >= 11 is 4.93.